The van der Waals surface area contributed by atoms with Gasteiger partial charge in [-0.05, 0) is 12.1 Å². The summed E-state index contributed by atoms with van der Waals surface area (Å²) in [6.07, 6.45) is 5.73. The van der Waals surface area contributed by atoms with E-state index >= 15 is 0 Å². The maximum atomic E-state index is 10.9. The zero-order valence-corrected chi connectivity index (χ0v) is 5.95. The van der Waals surface area contributed by atoms with E-state index in [2.05, 4.69) is 4.98 Å². The monoisotopic (exact) mass is 145 g/mol. The smallest absolute Gasteiger partial charge is 0.160 e. The van der Waals surface area contributed by atoms with Gasteiger partial charge in [-0.15, -0.1) is 0 Å². The van der Waals surface area contributed by atoms with Crippen molar-refractivity contribution in [3.05, 3.63) is 28.9 Å². The Bertz CT molecular complexity index is 406. The fourth-order valence-corrected chi connectivity index (χ4v) is 1.15. The molecule has 0 aromatic carbocycles. The zero-order valence-electron chi connectivity index (χ0n) is 5.95. The summed E-state index contributed by atoms with van der Waals surface area (Å²) in [5.74, 6) is 0.158. The van der Waals surface area contributed by atoms with Crippen LogP contribution in [0.1, 0.15) is 6.42 Å². The molecule has 0 fully saturated rings. The Kier molecular flexibility index (Phi) is 1.32. The molecule has 0 N–H and O–H groups in total. The second kappa shape index (κ2) is 2.31. The lowest BCUT2D eigenvalue weighted by atomic mass is 10.1. The molecule has 2 nitrogen and oxygen atoms in total. The summed E-state index contributed by atoms with van der Waals surface area (Å²) >= 11 is 0. The van der Waals surface area contributed by atoms with Crippen LogP contribution in [0.2, 0.25) is 0 Å². The number of aromatic nitrogens is 1. The maximum absolute atomic E-state index is 10.9. The van der Waals surface area contributed by atoms with Gasteiger partial charge in [0.2, 0.25) is 0 Å². The van der Waals surface area contributed by atoms with Crippen LogP contribution in [0.25, 0.3) is 12.2 Å². The van der Waals surface area contributed by atoms with Gasteiger partial charge in [0, 0.05) is 17.8 Å². The average molecular weight is 145 g/mol. The van der Waals surface area contributed by atoms with E-state index in [1.54, 1.807) is 12.3 Å². The minimum absolute atomic E-state index is 0.158. The Hall–Kier alpha value is -1.44. The summed E-state index contributed by atoms with van der Waals surface area (Å²) in [7, 11) is 0. The molecule has 1 aromatic rings. The standard InChI is InChI=1S/C9H7NO/c11-8-3-4-9-7(6-8)2-1-5-10-9/h1-2,4-6H,3H2. The Balaban J connectivity index is 2.83. The molecule has 0 atom stereocenters. The molecule has 0 radical (unpaired) electrons. The van der Waals surface area contributed by atoms with Crippen molar-refractivity contribution in [3.63, 3.8) is 0 Å². The van der Waals surface area contributed by atoms with E-state index in [4.69, 9.17) is 0 Å². The van der Waals surface area contributed by atoms with E-state index in [0.717, 1.165) is 10.6 Å². The molecule has 0 aliphatic heterocycles. The Labute approximate surface area is 63.9 Å². The SMILES string of the molecule is O=C1C=c2cccnc2=CC1. The topological polar surface area (TPSA) is 30.0 Å². The van der Waals surface area contributed by atoms with Crippen molar-refractivity contribution in [1.29, 1.82) is 0 Å². The summed E-state index contributed by atoms with van der Waals surface area (Å²) in [4.78, 5) is 15.0. The van der Waals surface area contributed by atoms with Gasteiger partial charge in [-0.25, -0.2) is 0 Å². The van der Waals surface area contributed by atoms with E-state index in [9.17, 15) is 4.79 Å². The predicted octanol–water partition coefficient (Wildman–Crippen LogP) is -0.385. The van der Waals surface area contributed by atoms with Gasteiger partial charge in [0.25, 0.3) is 0 Å². The average Bonchev–Trinajstić information content (AvgIpc) is 2.04. The molecular weight excluding hydrogens is 138 g/mol. The van der Waals surface area contributed by atoms with Crippen molar-refractivity contribution in [2.45, 2.75) is 6.42 Å². The zero-order chi connectivity index (χ0) is 7.68. The van der Waals surface area contributed by atoms with Gasteiger partial charge >= 0.3 is 0 Å². The largest absolute Gasteiger partial charge is 0.294 e. The molecule has 0 saturated carbocycles. The third-order valence-electron chi connectivity index (χ3n) is 1.68. The number of rotatable bonds is 0. The van der Waals surface area contributed by atoms with Crippen LogP contribution >= 0.6 is 0 Å². The highest BCUT2D eigenvalue weighted by Crippen LogP contribution is 1.88. The number of hydrogen-bond acceptors (Lipinski definition) is 2. The van der Waals surface area contributed by atoms with Crippen molar-refractivity contribution in [2.75, 3.05) is 0 Å². The number of hydrogen-bond donors (Lipinski definition) is 0. The Morgan fingerprint density at radius 2 is 2.36 bits per heavy atom. The normalized spacial score (nSPS) is 14.7. The number of fused-ring (bicyclic) bond motifs is 1. The van der Waals surface area contributed by atoms with Crippen LogP contribution in [0, 0.1) is 0 Å². The molecule has 1 heterocycles. The lowest BCUT2D eigenvalue weighted by Gasteiger charge is -1.95. The van der Waals surface area contributed by atoms with Gasteiger partial charge in [-0.3, -0.25) is 9.78 Å². The number of ketones is 1. The van der Waals surface area contributed by atoms with Crippen molar-refractivity contribution in [1.82, 2.24) is 4.98 Å². The van der Waals surface area contributed by atoms with E-state index in [1.807, 2.05) is 18.2 Å². The number of carbonyl (C=O) groups excluding carboxylic acids is 1. The van der Waals surface area contributed by atoms with Crippen molar-refractivity contribution in [2.24, 2.45) is 0 Å². The van der Waals surface area contributed by atoms with Crippen LogP contribution in [0.3, 0.4) is 0 Å². The first-order valence-electron chi connectivity index (χ1n) is 3.52. The molecule has 1 aromatic heterocycles. The van der Waals surface area contributed by atoms with Gasteiger partial charge < -0.3 is 0 Å². The first-order chi connectivity index (χ1) is 5.36. The molecule has 0 saturated heterocycles. The first kappa shape index (κ1) is 6.28. The first-order valence-corrected chi connectivity index (χ1v) is 3.52. The fourth-order valence-electron chi connectivity index (χ4n) is 1.15. The lowest BCUT2D eigenvalue weighted by Crippen LogP contribution is -2.31. The minimum atomic E-state index is 0.158. The third-order valence-corrected chi connectivity index (χ3v) is 1.68. The van der Waals surface area contributed by atoms with E-state index in [-0.39, 0.29) is 5.78 Å². The van der Waals surface area contributed by atoms with Crippen molar-refractivity contribution >= 4 is 17.9 Å². The molecule has 2 rings (SSSR count). The molecule has 11 heavy (non-hydrogen) atoms. The molecule has 2 heteroatoms. The molecule has 54 valence electrons. The third kappa shape index (κ3) is 1.07. The van der Waals surface area contributed by atoms with Crippen molar-refractivity contribution < 1.29 is 4.79 Å². The molecule has 0 amide bonds. The molecule has 1 aliphatic rings. The molecule has 1 aliphatic carbocycles. The van der Waals surface area contributed by atoms with Crippen LogP contribution in [0.15, 0.2) is 18.3 Å². The Morgan fingerprint density at radius 3 is 3.27 bits per heavy atom. The van der Waals surface area contributed by atoms with Crippen LogP contribution in [-0.2, 0) is 4.79 Å². The number of nitrogens with zero attached hydrogens (tertiary/aromatic N) is 1. The minimum Gasteiger partial charge on any atom is -0.294 e. The highest BCUT2D eigenvalue weighted by molar-refractivity contribution is 6.08. The summed E-state index contributed by atoms with van der Waals surface area (Å²) < 4.78 is 0. The number of Topliss-reactive ketones (excluding diaryl/α,β-unsaturated/α-hetero) is 1. The summed E-state index contributed by atoms with van der Waals surface area (Å²) in [5, 5.41) is 1.86. The van der Waals surface area contributed by atoms with Crippen LogP contribution in [0.4, 0.5) is 0 Å². The molecule has 0 unspecified atom stereocenters. The van der Waals surface area contributed by atoms with Gasteiger partial charge in [0.05, 0.1) is 5.35 Å². The second-order valence-corrected chi connectivity index (χ2v) is 2.50. The molecule has 0 bridgehead atoms. The van der Waals surface area contributed by atoms with Crippen molar-refractivity contribution in [3.8, 4) is 0 Å². The number of carbonyl (C=O) groups is 1. The van der Waals surface area contributed by atoms with Gasteiger partial charge in [-0.2, -0.15) is 0 Å². The van der Waals surface area contributed by atoms with Crippen LogP contribution in [-0.4, -0.2) is 10.8 Å². The highest BCUT2D eigenvalue weighted by Gasteiger charge is 1.99. The summed E-state index contributed by atoms with van der Waals surface area (Å²) in [5.41, 5.74) is 0. The molecular formula is C9H7NO. The predicted molar refractivity (Wildman–Crippen MR) is 42.0 cm³/mol. The van der Waals surface area contributed by atoms with Gasteiger partial charge in [0.1, 0.15) is 0 Å². The summed E-state index contributed by atoms with van der Waals surface area (Å²) in [6, 6.07) is 3.73. The second-order valence-electron chi connectivity index (χ2n) is 2.50. The van der Waals surface area contributed by atoms with Gasteiger partial charge in [-0.1, -0.05) is 12.1 Å². The Morgan fingerprint density at radius 1 is 1.45 bits per heavy atom. The lowest BCUT2D eigenvalue weighted by molar-refractivity contribution is -0.112. The van der Waals surface area contributed by atoms with Crippen LogP contribution < -0.4 is 10.6 Å². The number of pyridine rings is 1. The maximum Gasteiger partial charge on any atom is 0.160 e. The van der Waals surface area contributed by atoms with E-state index < -0.39 is 0 Å². The van der Waals surface area contributed by atoms with Gasteiger partial charge in [0.15, 0.2) is 5.78 Å². The summed E-state index contributed by atoms with van der Waals surface area (Å²) in [6.45, 7) is 0. The van der Waals surface area contributed by atoms with E-state index in [0.29, 0.717) is 6.42 Å². The van der Waals surface area contributed by atoms with Crippen LogP contribution in [0.5, 0.6) is 0 Å². The quantitative estimate of drug-likeness (QED) is 0.498. The highest BCUT2D eigenvalue weighted by atomic mass is 16.1. The van der Waals surface area contributed by atoms with E-state index in [1.165, 1.54) is 0 Å². The fraction of sp³-hybridized carbons (Fsp3) is 0.111. The molecule has 0 spiro atoms.